The first-order chi connectivity index (χ1) is 8.01. The number of hydrogen-bond donors (Lipinski definition) is 1. The SMILES string of the molecule is CCN(c1ccc(CO)cc1[N+](=O)[O-])C(C)C. The second-order valence-electron chi connectivity index (χ2n) is 4.12. The summed E-state index contributed by atoms with van der Waals surface area (Å²) in [6.45, 7) is 6.47. The van der Waals surface area contributed by atoms with Crippen molar-refractivity contribution in [3.63, 3.8) is 0 Å². The Kier molecular flexibility index (Phi) is 4.45. The van der Waals surface area contributed by atoms with Crippen LogP contribution in [0.3, 0.4) is 0 Å². The second kappa shape index (κ2) is 5.63. The van der Waals surface area contributed by atoms with Crippen molar-refractivity contribution in [2.24, 2.45) is 0 Å². The summed E-state index contributed by atoms with van der Waals surface area (Å²) in [5, 5.41) is 20.0. The summed E-state index contributed by atoms with van der Waals surface area (Å²) in [7, 11) is 0. The fraction of sp³-hybridized carbons (Fsp3) is 0.500. The highest BCUT2D eigenvalue weighted by atomic mass is 16.6. The standard InChI is InChI=1S/C12H18N2O3/c1-4-13(9(2)3)11-6-5-10(8-15)7-12(11)14(16)17/h5-7,9,15H,4,8H2,1-3H3. The molecule has 94 valence electrons. The Hall–Kier alpha value is -1.62. The van der Waals surface area contributed by atoms with Crippen molar-refractivity contribution >= 4 is 11.4 Å². The molecule has 0 amide bonds. The topological polar surface area (TPSA) is 66.6 Å². The van der Waals surface area contributed by atoms with Gasteiger partial charge in [-0.25, -0.2) is 0 Å². The molecular weight excluding hydrogens is 220 g/mol. The van der Waals surface area contributed by atoms with Crippen LogP contribution in [0.4, 0.5) is 11.4 Å². The number of rotatable bonds is 5. The van der Waals surface area contributed by atoms with Gasteiger partial charge in [-0.3, -0.25) is 10.1 Å². The Morgan fingerprint density at radius 2 is 2.12 bits per heavy atom. The first-order valence-corrected chi connectivity index (χ1v) is 5.66. The van der Waals surface area contributed by atoms with E-state index in [1.807, 2.05) is 25.7 Å². The van der Waals surface area contributed by atoms with Crippen molar-refractivity contribution in [3.05, 3.63) is 33.9 Å². The summed E-state index contributed by atoms with van der Waals surface area (Å²) in [4.78, 5) is 12.6. The number of aliphatic hydroxyl groups is 1. The number of anilines is 1. The molecule has 0 saturated heterocycles. The lowest BCUT2D eigenvalue weighted by Crippen LogP contribution is -2.30. The van der Waals surface area contributed by atoms with E-state index >= 15 is 0 Å². The average molecular weight is 238 g/mol. The first-order valence-electron chi connectivity index (χ1n) is 5.66. The number of nitrogens with zero attached hydrogens (tertiary/aromatic N) is 2. The molecule has 0 saturated carbocycles. The van der Waals surface area contributed by atoms with Crippen molar-refractivity contribution < 1.29 is 10.0 Å². The van der Waals surface area contributed by atoms with E-state index < -0.39 is 4.92 Å². The molecule has 17 heavy (non-hydrogen) atoms. The first kappa shape index (κ1) is 13.4. The summed E-state index contributed by atoms with van der Waals surface area (Å²) in [6.07, 6.45) is 0. The van der Waals surface area contributed by atoms with Crippen molar-refractivity contribution in [1.29, 1.82) is 0 Å². The van der Waals surface area contributed by atoms with Gasteiger partial charge in [-0.2, -0.15) is 0 Å². The summed E-state index contributed by atoms with van der Waals surface area (Å²) in [5.74, 6) is 0. The van der Waals surface area contributed by atoms with Gasteiger partial charge in [0.2, 0.25) is 0 Å². The molecule has 0 atom stereocenters. The van der Waals surface area contributed by atoms with Crippen LogP contribution in [-0.4, -0.2) is 22.6 Å². The molecule has 0 radical (unpaired) electrons. The Morgan fingerprint density at radius 1 is 1.47 bits per heavy atom. The van der Waals surface area contributed by atoms with Gasteiger partial charge >= 0.3 is 0 Å². The lowest BCUT2D eigenvalue weighted by atomic mass is 10.1. The van der Waals surface area contributed by atoms with Gasteiger partial charge < -0.3 is 10.0 Å². The minimum atomic E-state index is -0.403. The Bertz CT molecular complexity index is 405. The van der Waals surface area contributed by atoms with Crippen molar-refractivity contribution in [1.82, 2.24) is 0 Å². The lowest BCUT2D eigenvalue weighted by molar-refractivity contribution is -0.384. The fourth-order valence-electron chi connectivity index (χ4n) is 1.87. The third kappa shape index (κ3) is 2.94. The maximum atomic E-state index is 11.0. The molecule has 0 fully saturated rings. The quantitative estimate of drug-likeness (QED) is 0.631. The maximum absolute atomic E-state index is 11.0. The molecule has 0 unspecified atom stereocenters. The van der Waals surface area contributed by atoms with E-state index in [9.17, 15) is 10.1 Å². The predicted octanol–water partition coefficient (Wildman–Crippen LogP) is 2.32. The Balaban J connectivity index is 3.26. The van der Waals surface area contributed by atoms with Crippen LogP contribution in [0.2, 0.25) is 0 Å². The fourth-order valence-corrected chi connectivity index (χ4v) is 1.87. The van der Waals surface area contributed by atoms with E-state index in [1.54, 1.807) is 12.1 Å². The molecule has 1 rings (SSSR count). The Labute approximate surface area is 101 Å². The van der Waals surface area contributed by atoms with E-state index in [2.05, 4.69) is 0 Å². The summed E-state index contributed by atoms with van der Waals surface area (Å²) < 4.78 is 0. The van der Waals surface area contributed by atoms with Crippen LogP contribution in [0.15, 0.2) is 18.2 Å². The molecule has 1 N–H and O–H groups in total. The van der Waals surface area contributed by atoms with Crippen LogP contribution in [0.25, 0.3) is 0 Å². The lowest BCUT2D eigenvalue weighted by Gasteiger charge is -2.27. The highest BCUT2D eigenvalue weighted by Gasteiger charge is 2.20. The second-order valence-corrected chi connectivity index (χ2v) is 4.12. The molecule has 1 aromatic rings. The molecule has 0 spiro atoms. The molecule has 0 aliphatic heterocycles. The monoisotopic (exact) mass is 238 g/mol. The molecule has 1 aromatic carbocycles. The average Bonchev–Trinajstić information content (AvgIpc) is 2.29. The third-order valence-corrected chi connectivity index (χ3v) is 2.69. The van der Waals surface area contributed by atoms with Gasteiger partial charge in [0.05, 0.1) is 11.5 Å². The largest absolute Gasteiger partial charge is 0.392 e. The molecule has 0 aliphatic carbocycles. The maximum Gasteiger partial charge on any atom is 0.292 e. The normalized spacial score (nSPS) is 10.6. The van der Waals surface area contributed by atoms with Crippen LogP contribution in [0.5, 0.6) is 0 Å². The highest BCUT2D eigenvalue weighted by molar-refractivity contribution is 5.64. The van der Waals surface area contributed by atoms with Gasteiger partial charge in [0.25, 0.3) is 5.69 Å². The molecule has 0 heterocycles. The molecule has 0 bridgehead atoms. The number of benzene rings is 1. The van der Waals surface area contributed by atoms with Gasteiger partial charge in [-0.1, -0.05) is 6.07 Å². The van der Waals surface area contributed by atoms with Crippen molar-refractivity contribution in [2.75, 3.05) is 11.4 Å². The van der Waals surface area contributed by atoms with Crippen LogP contribution < -0.4 is 4.90 Å². The van der Waals surface area contributed by atoms with Gasteiger partial charge in [-0.15, -0.1) is 0 Å². The predicted molar refractivity (Wildman–Crippen MR) is 67.2 cm³/mol. The number of aliphatic hydroxyl groups excluding tert-OH is 1. The van der Waals surface area contributed by atoms with Crippen LogP contribution in [-0.2, 0) is 6.61 Å². The summed E-state index contributed by atoms with van der Waals surface area (Å²) in [5.41, 5.74) is 1.21. The smallest absolute Gasteiger partial charge is 0.292 e. The molecule has 0 aliphatic rings. The molecule has 5 nitrogen and oxygen atoms in total. The van der Waals surface area contributed by atoms with E-state index in [1.165, 1.54) is 6.07 Å². The minimum absolute atomic E-state index is 0.0482. The van der Waals surface area contributed by atoms with Crippen molar-refractivity contribution in [3.8, 4) is 0 Å². The van der Waals surface area contributed by atoms with Crippen LogP contribution in [0, 0.1) is 10.1 Å². The van der Waals surface area contributed by atoms with Crippen LogP contribution in [0.1, 0.15) is 26.3 Å². The van der Waals surface area contributed by atoms with Crippen molar-refractivity contribution in [2.45, 2.75) is 33.4 Å². The van der Waals surface area contributed by atoms with Gasteiger partial charge in [0.15, 0.2) is 0 Å². The number of hydrogen-bond acceptors (Lipinski definition) is 4. The summed E-state index contributed by atoms with van der Waals surface area (Å²) >= 11 is 0. The van der Waals surface area contributed by atoms with Gasteiger partial charge in [0.1, 0.15) is 5.69 Å². The van der Waals surface area contributed by atoms with Gasteiger partial charge in [0, 0.05) is 18.7 Å². The van der Waals surface area contributed by atoms with Gasteiger partial charge in [-0.05, 0) is 32.4 Å². The molecule has 0 aromatic heterocycles. The highest BCUT2D eigenvalue weighted by Crippen LogP contribution is 2.30. The van der Waals surface area contributed by atoms with E-state index in [0.29, 0.717) is 17.8 Å². The number of nitro groups is 1. The molecular formula is C12H18N2O3. The minimum Gasteiger partial charge on any atom is -0.392 e. The zero-order chi connectivity index (χ0) is 13.0. The number of nitro benzene ring substituents is 1. The molecule has 5 heteroatoms. The zero-order valence-corrected chi connectivity index (χ0v) is 10.4. The zero-order valence-electron chi connectivity index (χ0n) is 10.4. The van der Waals surface area contributed by atoms with E-state index in [4.69, 9.17) is 5.11 Å². The third-order valence-electron chi connectivity index (χ3n) is 2.69. The Morgan fingerprint density at radius 3 is 2.53 bits per heavy atom. The summed E-state index contributed by atoms with van der Waals surface area (Å²) in [6, 6.07) is 5.04. The van der Waals surface area contributed by atoms with E-state index in [0.717, 1.165) is 0 Å². The van der Waals surface area contributed by atoms with Crippen LogP contribution >= 0.6 is 0 Å². The van der Waals surface area contributed by atoms with E-state index in [-0.39, 0.29) is 18.3 Å².